The summed E-state index contributed by atoms with van der Waals surface area (Å²) in [4.78, 5) is 57.5. The van der Waals surface area contributed by atoms with Gasteiger partial charge in [0.1, 0.15) is 12.1 Å². The Labute approximate surface area is 216 Å². The van der Waals surface area contributed by atoms with Crippen molar-refractivity contribution in [2.24, 2.45) is 0 Å². The maximum atomic E-state index is 13.3. The molecule has 1 fully saturated rings. The number of carbonyl (C=O) groups is 4. The van der Waals surface area contributed by atoms with Gasteiger partial charge in [-0.15, -0.1) is 0 Å². The Kier molecular flexibility index (Phi) is 8.75. The lowest BCUT2D eigenvalue weighted by Gasteiger charge is -2.26. The van der Waals surface area contributed by atoms with Crippen LogP contribution in [0.1, 0.15) is 29.7 Å². The van der Waals surface area contributed by atoms with Crippen molar-refractivity contribution >= 4 is 23.5 Å². The molecule has 1 saturated heterocycles. The van der Waals surface area contributed by atoms with E-state index in [-0.39, 0.29) is 25.3 Å². The second-order valence-electron chi connectivity index (χ2n) is 9.00. The van der Waals surface area contributed by atoms with Crippen molar-refractivity contribution in [3.05, 3.63) is 102 Å². The first-order valence-electron chi connectivity index (χ1n) is 12.4. The molecule has 2 N–H and O–H groups in total. The maximum absolute atomic E-state index is 13.3. The van der Waals surface area contributed by atoms with Crippen molar-refractivity contribution < 1.29 is 19.2 Å². The predicted molar refractivity (Wildman–Crippen MR) is 138 cm³/mol. The molecule has 37 heavy (non-hydrogen) atoms. The molecule has 3 aromatic rings. The van der Waals surface area contributed by atoms with Crippen LogP contribution in [-0.4, -0.2) is 52.0 Å². The Morgan fingerprint density at radius 3 is 2.27 bits per heavy atom. The highest BCUT2D eigenvalue weighted by Crippen LogP contribution is 2.22. The third kappa shape index (κ3) is 7.10. The zero-order chi connectivity index (χ0) is 26.0. The number of amides is 3. The standard InChI is InChI=1S/C29H30N4O4/c34-26-15-14-25(33(26)20-22-11-5-2-6-12-22)28(36)32-24(19-21-9-3-1-4-10-21)27(35)29(37)31-18-16-23-13-7-8-17-30-23/h1-13,17,24-25H,14-16,18-20H2,(H,31,37)(H,32,36)/t24?,25-/m1/s1. The minimum absolute atomic E-state index is 0.109. The van der Waals surface area contributed by atoms with E-state index in [1.54, 1.807) is 17.2 Å². The fourth-order valence-corrected chi connectivity index (χ4v) is 4.41. The summed E-state index contributed by atoms with van der Waals surface area (Å²) in [6.07, 6.45) is 2.94. The fourth-order valence-electron chi connectivity index (χ4n) is 4.41. The predicted octanol–water partition coefficient (Wildman–Crippen LogP) is 2.23. The molecule has 4 rings (SSSR count). The van der Waals surface area contributed by atoms with Gasteiger partial charge in [0.15, 0.2) is 0 Å². The van der Waals surface area contributed by atoms with Gasteiger partial charge in [0, 0.05) is 44.2 Å². The molecule has 190 valence electrons. The van der Waals surface area contributed by atoms with Gasteiger partial charge < -0.3 is 15.5 Å². The Balaban J connectivity index is 1.43. The number of pyridine rings is 1. The van der Waals surface area contributed by atoms with E-state index in [2.05, 4.69) is 15.6 Å². The van der Waals surface area contributed by atoms with E-state index in [9.17, 15) is 19.2 Å². The molecular weight excluding hydrogens is 468 g/mol. The third-order valence-corrected chi connectivity index (χ3v) is 6.36. The second kappa shape index (κ2) is 12.6. The average molecular weight is 499 g/mol. The van der Waals surface area contributed by atoms with Crippen molar-refractivity contribution in [2.75, 3.05) is 6.54 Å². The van der Waals surface area contributed by atoms with E-state index in [0.29, 0.717) is 19.4 Å². The first kappa shape index (κ1) is 25.8. The van der Waals surface area contributed by atoms with Crippen LogP contribution in [0.5, 0.6) is 0 Å². The molecule has 1 aliphatic heterocycles. The third-order valence-electron chi connectivity index (χ3n) is 6.36. The summed E-state index contributed by atoms with van der Waals surface area (Å²) in [5, 5.41) is 5.42. The Hall–Kier alpha value is -4.33. The molecule has 1 aliphatic rings. The van der Waals surface area contributed by atoms with Crippen LogP contribution in [-0.2, 0) is 38.6 Å². The van der Waals surface area contributed by atoms with E-state index >= 15 is 0 Å². The summed E-state index contributed by atoms with van der Waals surface area (Å²) >= 11 is 0. The summed E-state index contributed by atoms with van der Waals surface area (Å²) < 4.78 is 0. The Morgan fingerprint density at radius 2 is 1.59 bits per heavy atom. The highest BCUT2D eigenvalue weighted by Gasteiger charge is 2.38. The van der Waals surface area contributed by atoms with Crippen molar-refractivity contribution in [1.29, 1.82) is 0 Å². The van der Waals surface area contributed by atoms with Crippen LogP contribution in [0.15, 0.2) is 85.1 Å². The molecule has 0 spiro atoms. The summed E-state index contributed by atoms with van der Waals surface area (Å²) in [6.45, 7) is 0.554. The monoisotopic (exact) mass is 498 g/mol. The van der Waals surface area contributed by atoms with Crippen LogP contribution in [0, 0.1) is 0 Å². The molecule has 1 unspecified atom stereocenters. The normalized spacial score (nSPS) is 15.7. The van der Waals surface area contributed by atoms with Gasteiger partial charge in [-0.3, -0.25) is 24.2 Å². The van der Waals surface area contributed by atoms with Crippen LogP contribution in [0.2, 0.25) is 0 Å². The molecule has 3 amide bonds. The molecule has 0 saturated carbocycles. The topological polar surface area (TPSA) is 108 Å². The van der Waals surface area contributed by atoms with Crippen LogP contribution < -0.4 is 10.6 Å². The van der Waals surface area contributed by atoms with Crippen LogP contribution in [0.3, 0.4) is 0 Å². The van der Waals surface area contributed by atoms with Gasteiger partial charge in [-0.25, -0.2) is 0 Å². The van der Waals surface area contributed by atoms with Crippen molar-refractivity contribution in [3.63, 3.8) is 0 Å². The molecule has 2 aromatic carbocycles. The van der Waals surface area contributed by atoms with Crippen molar-refractivity contribution in [3.8, 4) is 0 Å². The average Bonchev–Trinajstić information content (AvgIpc) is 3.29. The van der Waals surface area contributed by atoms with E-state index in [1.807, 2.05) is 72.8 Å². The zero-order valence-electron chi connectivity index (χ0n) is 20.5. The molecular formula is C29H30N4O4. The van der Waals surface area contributed by atoms with Gasteiger partial charge in [-0.1, -0.05) is 66.7 Å². The van der Waals surface area contributed by atoms with Crippen LogP contribution in [0.25, 0.3) is 0 Å². The van der Waals surface area contributed by atoms with Gasteiger partial charge >= 0.3 is 0 Å². The second-order valence-corrected chi connectivity index (χ2v) is 9.00. The lowest BCUT2D eigenvalue weighted by Crippen LogP contribution is -2.53. The number of likely N-dealkylation sites (tertiary alicyclic amines) is 1. The van der Waals surface area contributed by atoms with E-state index in [0.717, 1.165) is 16.8 Å². The largest absolute Gasteiger partial charge is 0.349 e. The Morgan fingerprint density at radius 1 is 0.919 bits per heavy atom. The molecule has 0 aliphatic carbocycles. The number of nitrogens with one attached hydrogen (secondary N) is 2. The summed E-state index contributed by atoms with van der Waals surface area (Å²) in [7, 11) is 0. The van der Waals surface area contributed by atoms with Crippen LogP contribution >= 0.6 is 0 Å². The molecule has 2 atom stereocenters. The molecule has 8 heteroatoms. The number of Topliss-reactive ketones (excluding diaryl/α,β-unsaturated/α-hetero) is 1. The van der Waals surface area contributed by atoms with Gasteiger partial charge in [0.25, 0.3) is 5.91 Å². The van der Waals surface area contributed by atoms with E-state index in [1.165, 1.54) is 0 Å². The van der Waals surface area contributed by atoms with Gasteiger partial charge in [0.05, 0.1) is 0 Å². The number of hydrogen-bond donors (Lipinski definition) is 2. The number of rotatable bonds is 11. The zero-order valence-corrected chi connectivity index (χ0v) is 20.5. The number of hydrogen-bond acceptors (Lipinski definition) is 5. The smallest absolute Gasteiger partial charge is 0.289 e. The lowest BCUT2D eigenvalue weighted by molar-refractivity contribution is -0.141. The highest BCUT2D eigenvalue weighted by molar-refractivity contribution is 6.38. The molecule has 0 bridgehead atoms. The minimum Gasteiger partial charge on any atom is -0.349 e. The van der Waals surface area contributed by atoms with Gasteiger partial charge in [0.2, 0.25) is 17.6 Å². The first-order chi connectivity index (χ1) is 18.0. The molecule has 8 nitrogen and oxygen atoms in total. The SMILES string of the molecule is O=C(NCCc1ccccn1)C(=O)C(Cc1ccccc1)NC(=O)[C@H]1CCC(=O)N1Cc1ccccc1. The van der Waals surface area contributed by atoms with Crippen molar-refractivity contribution in [2.45, 2.75) is 44.3 Å². The van der Waals surface area contributed by atoms with E-state index < -0.39 is 29.7 Å². The quantitative estimate of drug-likeness (QED) is 0.394. The number of ketones is 1. The Bertz CT molecular complexity index is 1220. The summed E-state index contributed by atoms with van der Waals surface area (Å²) in [5.74, 6) is -2.03. The summed E-state index contributed by atoms with van der Waals surface area (Å²) in [6, 6.07) is 22.4. The molecule has 0 radical (unpaired) electrons. The number of carbonyl (C=O) groups excluding carboxylic acids is 4. The molecule has 2 heterocycles. The van der Waals surface area contributed by atoms with Crippen LogP contribution in [0.4, 0.5) is 0 Å². The number of aromatic nitrogens is 1. The summed E-state index contributed by atoms with van der Waals surface area (Å²) in [5.41, 5.74) is 2.53. The lowest BCUT2D eigenvalue weighted by atomic mass is 10.0. The number of benzene rings is 2. The highest BCUT2D eigenvalue weighted by atomic mass is 16.2. The molecule has 1 aromatic heterocycles. The minimum atomic E-state index is -1.06. The fraction of sp³-hybridized carbons (Fsp3) is 0.276. The first-order valence-corrected chi connectivity index (χ1v) is 12.4. The maximum Gasteiger partial charge on any atom is 0.289 e. The van der Waals surface area contributed by atoms with Crippen molar-refractivity contribution in [1.82, 2.24) is 20.5 Å². The van der Waals surface area contributed by atoms with E-state index in [4.69, 9.17) is 0 Å². The van der Waals surface area contributed by atoms with Gasteiger partial charge in [-0.2, -0.15) is 0 Å². The van der Waals surface area contributed by atoms with Gasteiger partial charge in [-0.05, 0) is 29.7 Å². The number of nitrogens with zero attached hydrogens (tertiary/aromatic N) is 2.